The van der Waals surface area contributed by atoms with Crippen LogP contribution in [0.2, 0.25) is 0 Å². The number of nitrogens with one attached hydrogen (secondary N) is 3. The van der Waals surface area contributed by atoms with Gasteiger partial charge in [-0.3, -0.25) is 4.98 Å². The molecule has 0 spiro atoms. The first kappa shape index (κ1) is 22.7. The van der Waals surface area contributed by atoms with Crippen molar-refractivity contribution in [3.63, 3.8) is 0 Å². The Kier molecular flexibility index (Phi) is 5.88. The fourth-order valence-corrected chi connectivity index (χ4v) is 4.77. The molecule has 3 N–H and O–H groups in total. The summed E-state index contributed by atoms with van der Waals surface area (Å²) in [5.41, 5.74) is 2.65. The minimum atomic E-state index is -0.783. The highest BCUT2D eigenvalue weighted by molar-refractivity contribution is 5.93. The molecular formula is C26H26F2N8. The SMILES string of the molecule is C[C@@H]1C[C@@H](Nc2nc(-c3ccnc(Nc4nc(F)ccc4F)c3)nc3cncc(C4CC4)c23)CCN1. The molecule has 0 unspecified atom stereocenters. The van der Waals surface area contributed by atoms with Crippen LogP contribution < -0.4 is 16.0 Å². The molecule has 1 saturated heterocycles. The number of nitrogens with zero attached hydrogens (tertiary/aromatic N) is 5. The van der Waals surface area contributed by atoms with E-state index in [0.29, 0.717) is 35.2 Å². The van der Waals surface area contributed by atoms with E-state index in [4.69, 9.17) is 9.97 Å². The predicted octanol–water partition coefficient (Wildman–Crippen LogP) is 4.93. The highest BCUT2D eigenvalue weighted by Gasteiger charge is 2.29. The highest BCUT2D eigenvalue weighted by Crippen LogP contribution is 2.44. The van der Waals surface area contributed by atoms with E-state index in [1.54, 1.807) is 24.5 Å². The van der Waals surface area contributed by atoms with E-state index in [1.807, 2.05) is 6.20 Å². The van der Waals surface area contributed by atoms with Crippen LogP contribution >= 0.6 is 0 Å². The molecule has 1 saturated carbocycles. The van der Waals surface area contributed by atoms with Crippen LogP contribution in [-0.2, 0) is 0 Å². The van der Waals surface area contributed by atoms with Gasteiger partial charge >= 0.3 is 0 Å². The lowest BCUT2D eigenvalue weighted by atomic mass is 10.00. The smallest absolute Gasteiger partial charge is 0.214 e. The van der Waals surface area contributed by atoms with Crippen LogP contribution in [0.3, 0.4) is 0 Å². The first-order valence-corrected chi connectivity index (χ1v) is 12.2. The maximum absolute atomic E-state index is 14.1. The third-order valence-corrected chi connectivity index (χ3v) is 6.69. The Balaban J connectivity index is 1.40. The Morgan fingerprint density at radius 3 is 2.72 bits per heavy atom. The third-order valence-electron chi connectivity index (χ3n) is 6.69. The average molecular weight is 489 g/mol. The van der Waals surface area contributed by atoms with Crippen molar-refractivity contribution in [3.05, 3.63) is 60.2 Å². The van der Waals surface area contributed by atoms with Crippen LogP contribution in [0.1, 0.15) is 44.1 Å². The van der Waals surface area contributed by atoms with Gasteiger partial charge in [-0.1, -0.05) is 0 Å². The highest BCUT2D eigenvalue weighted by atomic mass is 19.1. The topological polar surface area (TPSA) is 101 Å². The number of piperidine rings is 1. The molecule has 4 aromatic rings. The Bertz CT molecular complexity index is 1420. The van der Waals surface area contributed by atoms with Gasteiger partial charge in [0.1, 0.15) is 11.6 Å². The second-order valence-electron chi connectivity index (χ2n) is 9.53. The number of rotatable bonds is 6. The van der Waals surface area contributed by atoms with Gasteiger partial charge in [0.2, 0.25) is 5.95 Å². The van der Waals surface area contributed by atoms with Gasteiger partial charge in [0.25, 0.3) is 0 Å². The molecule has 1 aliphatic carbocycles. The number of pyridine rings is 3. The molecule has 1 aliphatic heterocycles. The predicted molar refractivity (Wildman–Crippen MR) is 134 cm³/mol. The van der Waals surface area contributed by atoms with Gasteiger partial charge in [0, 0.05) is 35.4 Å². The third kappa shape index (κ3) is 4.68. The lowest BCUT2D eigenvalue weighted by Crippen LogP contribution is -2.41. The molecule has 0 amide bonds. The largest absolute Gasteiger partial charge is 0.367 e. The van der Waals surface area contributed by atoms with Gasteiger partial charge in [-0.2, -0.15) is 9.37 Å². The molecule has 5 heterocycles. The summed E-state index contributed by atoms with van der Waals surface area (Å²) < 4.78 is 27.6. The van der Waals surface area contributed by atoms with Gasteiger partial charge in [0.15, 0.2) is 17.5 Å². The summed E-state index contributed by atoms with van der Waals surface area (Å²) in [6, 6.07) is 6.20. The zero-order valence-electron chi connectivity index (χ0n) is 19.8. The number of halogens is 2. The Hall–Kier alpha value is -3.79. The molecule has 2 aliphatic rings. The van der Waals surface area contributed by atoms with Crippen LogP contribution in [-0.4, -0.2) is 43.5 Å². The van der Waals surface area contributed by atoms with Gasteiger partial charge in [-0.05, 0) is 74.9 Å². The molecule has 0 radical (unpaired) electrons. The monoisotopic (exact) mass is 488 g/mol. The maximum atomic E-state index is 14.1. The fourth-order valence-electron chi connectivity index (χ4n) is 4.77. The molecule has 36 heavy (non-hydrogen) atoms. The van der Waals surface area contributed by atoms with Gasteiger partial charge in [-0.15, -0.1) is 0 Å². The molecule has 0 aromatic carbocycles. The summed E-state index contributed by atoms with van der Waals surface area (Å²) in [7, 11) is 0. The van der Waals surface area contributed by atoms with E-state index in [-0.39, 0.29) is 5.82 Å². The summed E-state index contributed by atoms with van der Waals surface area (Å²) >= 11 is 0. The van der Waals surface area contributed by atoms with Crippen LogP contribution in [0.15, 0.2) is 42.9 Å². The number of hydrogen-bond donors (Lipinski definition) is 3. The lowest BCUT2D eigenvalue weighted by molar-refractivity contribution is 0.396. The molecule has 6 rings (SSSR count). The average Bonchev–Trinajstić information content (AvgIpc) is 3.72. The standard InChI is InChI=1S/C26H26F2N8/c1-14-10-17(7-9-30-14)32-26-23-18(15-2-3-15)12-29-13-20(23)33-24(36-26)16-6-8-31-22(11-16)35-25-19(27)4-5-21(28)34-25/h4-6,8,11-15,17,30H,2-3,7,9-10H2,1H3,(H,31,34,35)(H,32,33,36)/t14-,17+/m1/s1. The van der Waals surface area contributed by atoms with Crippen molar-refractivity contribution in [2.24, 2.45) is 0 Å². The van der Waals surface area contributed by atoms with E-state index in [9.17, 15) is 8.78 Å². The molecule has 0 bridgehead atoms. The zero-order chi connectivity index (χ0) is 24.6. The fraction of sp³-hybridized carbons (Fsp3) is 0.346. The summed E-state index contributed by atoms with van der Waals surface area (Å²) in [5.74, 6) is 0.414. The summed E-state index contributed by atoms with van der Waals surface area (Å²) in [6.07, 6.45) is 9.59. The molecule has 10 heteroatoms. The minimum absolute atomic E-state index is 0.236. The lowest BCUT2D eigenvalue weighted by Gasteiger charge is -2.29. The van der Waals surface area contributed by atoms with E-state index in [1.165, 1.54) is 5.56 Å². The zero-order valence-corrected chi connectivity index (χ0v) is 19.8. The Morgan fingerprint density at radius 2 is 1.89 bits per heavy atom. The van der Waals surface area contributed by atoms with Gasteiger partial charge in [-0.25, -0.2) is 19.3 Å². The number of hydrogen-bond acceptors (Lipinski definition) is 8. The van der Waals surface area contributed by atoms with Gasteiger partial charge in [0.05, 0.1) is 11.7 Å². The molecule has 8 nitrogen and oxygen atoms in total. The normalized spacial score (nSPS) is 19.9. The summed E-state index contributed by atoms with van der Waals surface area (Å²) in [6.45, 7) is 3.15. The summed E-state index contributed by atoms with van der Waals surface area (Å²) in [5, 5.41) is 11.0. The van der Waals surface area contributed by atoms with Crippen molar-refractivity contribution in [1.29, 1.82) is 0 Å². The Labute approximate surface area is 207 Å². The van der Waals surface area contributed by atoms with E-state index >= 15 is 0 Å². The van der Waals surface area contributed by atoms with Crippen LogP contribution in [0, 0.1) is 11.8 Å². The molecule has 4 aromatic heterocycles. The molecule has 184 valence electrons. The number of aromatic nitrogens is 5. The first-order chi connectivity index (χ1) is 17.5. The van der Waals surface area contributed by atoms with Crippen molar-refractivity contribution in [3.8, 4) is 11.4 Å². The molecule has 2 atom stereocenters. The van der Waals surface area contributed by atoms with Crippen molar-refractivity contribution < 1.29 is 8.78 Å². The van der Waals surface area contributed by atoms with E-state index in [2.05, 4.69) is 37.8 Å². The number of fused-ring (bicyclic) bond motifs is 1. The second-order valence-corrected chi connectivity index (χ2v) is 9.53. The summed E-state index contributed by atoms with van der Waals surface area (Å²) in [4.78, 5) is 22.1. The van der Waals surface area contributed by atoms with Crippen LogP contribution in [0.25, 0.3) is 22.3 Å². The van der Waals surface area contributed by atoms with Crippen molar-refractivity contribution in [2.75, 3.05) is 17.2 Å². The quantitative estimate of drug-likeness (QED) is 0.329. The molecule has 2 fully saturated rings. The van der Waals surface area contributed by atoms with Crippen molar-refractivity contribution in [1.82, 2.24) is 30.2 Å². The van der Waals surface area contributed by atoms with Gasteiger partial charge < -0.3 is 16.0 Å². The second kappa shape index (κ2) is 9.34. The van der Waals surface area contributed by atoms with Crippen molar-refractivity contribution >= 4 is 28.4 Å². The Morgan fingerprint density at radius 1 is 1.00 bits per heavy atom. The first-order valence-electron chi connectivity index (χ1n) is 12.2. The number of anilines is 3. The van der Waals surface area contributed by atoms with Crippen LogP contribution in [0.5, 0.6) is 0 Å². The maximum Gasteiger partial charge on any atom is 0.214 e. The van der Waals surface area contributed by atoms with Crippen molar-refractivity contribution in [2.45, 2.75) is 50.6 Å². The van der Waals surface area contributed by atoms with Crippen LogP contribution in [0.4, 0.5) is 26.2 Å². The minimum Gasteiger partial charge on any atom is -0.367 e. The molecular weight excluding hydrogens is 462 g/mol. The van der Waals surface area contributed by atoms with E-state index in [0.717, 1.165) is 61.1 Å². The van der Waals surface area contributed by atoms with E-state index < -0.39 is 11.8 Å².